The monoisotopic (exact) mass is 592 g/mol. The Kier molecular flexibility index (Phi) is 8.48. The number of fused-ring (bicyclic) bond motifs is 2. The third-order valence-electron chi connectivity index (χ3n) is 8.19. The third kappa shape index (κ3) is 5.70. The van der Waals surface area contributed by atoms with Gasteiger partial charge in [-0.15, -0.1) is 5.10 Å². The normalized spacial score (nSPS) is 17.5. The number of esters is 1. The smallest absolute Gasteiger partial charge is 0.306 e. The summed E-state index contributed by atoms with van der Waals surface area (Å²) in [6.45, 7) is 11.2. The Morgan fingerprint density at radius 3 is 2.64 bits per heavy atom. The van der Waals surface area contributed by atoms with Gasteiger partial charge in [-0.05, 0) is 91.6 Å². The Balaban J connectivity index is 1.56. The number of hydrogen-bond donors (Lipinski definition) is 0. The van der Waals surface area contributed by atoms with Crippen molar-refractivity contribution in [2.24, 2.45) is 5.92 Å². The van der Waals surface area contributed by atoms with Gasteiger partial charge >= 0.3 is 5.97 Å². The highest BCUT2D eigenvalue weighted by Gasteiger charge is 2.33. The predicted molar refractivity (Wildman–Crippen MR) is 159 cm³/mol. The molecule has 8 nitrogen and oxygen atoms in total. The second-order valence-corrected chi connectivity index (χ2v) is 13.1. The summed E-state index contributed by atoms with van der Waals surface area (Å²) in [5.41, 5.74) is 6.85. The maximum atomic E-state index is 14.2. The van der Waals surface area contributed by atoms with E-state index in [4.69, 9.17) is 4.74 Å². The van der Waals surface area contributed by atoms with Crippen LogP contribution in [0, 0.1) is 25.6 Å². The molecule has 10 heteroatoms. The number of nitrogens with zero attached hydrogens (tertiary/aromatic N) is 4. The molecule has 1 aromatic heterocycles. The molecule has 0 radical (unpaired) electrons. The standard InChI is InChI=1S/C32H37FN4O4S/c1-6-37-29-13-12-27(22(5)32(29)34-35-37)28(17-31(38)41-7-2)23-9-8-21(4)25(15-23)19-36-18-20(3)14-24-10-11-26(33)16-30(24)42(36,39)40/h8-13,15-16,20,28H,6-7,14,17-19H2,1-5H3/t20-,28-/m0/s1. The number of hydrogen-bond acceptors (Lipinski definition) is 6. The van der Waals surface area contributed by atoms with E-state index in [9.17, 15) is 17.6 Å². The van der Waals surface area contributed by atoms with Crippen molar-refractivity contribution in [2.75, 3.05) is 13.2 Å². The van der Waals surface area contributed by atoms with Gasteiger partial charge in [-0.3, -0.25) is 4.79 Å². The van der Waals surface area contributed by atoms with E-state index in [1.807, 2.05) is 62.7 Å². The quantitative estimate of drug-likeness (QED) is 0.245. The second kappa shape index (κ2) is 11.9. The molecule has 1 aliphatic heterocycles. The molecule has 0 N–H and O–H groups in total. The molecule has 5 rings (SSSR count). The van der Waals surface area contributed by atoms with E-state index in [0.29, 0.717) is 25.1 Å². The average Bonchev–Trinajstić information content (AvgIpc) is 3.34. The second-order valence-electron chi connectivity index (χ2n) is 11.2. The van der Waals surface area contributed by atoms with Crippen molar-refractivity contribution in [3.63, 3.8) is 0 Å². The largest absolute Gasteiger partial charge is 0.466 e. The number of carbonyl (C=O) groups excluding carboxylic acids is 1. The Morgan fingerprint density at radius 1 is 1.12 bits per heavy atom. The molecule has 0 spiro atoms. The summed E-state index contributed by atoms with van der Waals surface area (Å²) in [6.07, 6.45) is 0.673. The molecule has 0 unspecified atom stereocenters. The van der Waals surface area contributed by atoms with E-state index < -0.39 is 15.8 Å². The first-order chi connectivity index (χ1) is 20.0. The fourth-order valence-electron chi connectivity index (χ4n) is 5.97. The molecule has 0 amide bonds. The Morgan fingerprint density at radius 2 is 1.90 bits per heavy atom. The number of rotatable bonds is 8. The zero-order valence-corrected chi connectivity index (χ0v) is 25.5. The number of ether oxygens (including phenoxy) is 1. The molecule has 3 aromatic carbocycles. The summed E-state index contributed by atoms with van der Waals surface area (Å²) >= 11 is 0. The van der Waals surface area contributed by atoms with Crippen molar-refractivity contribution in [2.45, 2.75) is 71.4 Å². The lowest BCUT2D eigenvalue weighted by Gasteiger charge is -2.25. The maximum absolute atomic E-state index is 14.2. The SMILES string of the molecule is CCOC(=O)C[C@@H](c1ccc(C)c(CN2C[C@@H](C)Cc3ccc(F)cc3S2(=O)=O)c1)c1ccc2c(nnn2CC)c1C. The zero-order valence-electron chi connectivity index (χ0n) is 24.7. The summed E-state index contributed by atoms with van der Waals surface area (Å²) < 4.78 is 50.4. The van der Waals surface area contributed by atoms with Crippen molar-refractivity contribution < 1.29 is 22.3 Å². The van der Waals surface area contributed by atoms with Crippen LogP contribution in [0.5, 0.6) is 0 Å². The van der Waals surface area contributed by atoms with Crippen LogP contribution < -0.4 is 0 Å². The lowest BCUT2D eigenvalue weighted by molar-refractivity contribution is -0.143. The van der Waals surface area contributed by atoms with Crippen LogP contribution >= 0.6 is 0 Å². The van der Waals surface area contributed by atoms with E-state index in [2.05, 4.69) is 10.3 Å². The van der Waals surface area contributed by atoms with Crippen LogP contribution in [0.4, 0.5) is 4.39 Å². The van der Waals surface area contributed by atoms with Crippen molar-refractivity contribution >= 4 is 27.0 Å². The van der Waals surface area contributed by atoms with Gasteiger partial charge in [0.15, 0.2) is 0 Å². The van der Waals surface area contributed by atoms with Gasteiger partial charge in [0, 0.05) is 25.6 Å². The van der Waals surface area contributed by atoms with Gasteiger partial charge in [-0.2, -0.15) is 4.31 Å². The van der Waals surface area contributed by atoms with E-state index >= 15 is 0 Å². The molecule has 0 saturated carbocycles. The number of aryl methyl sites for hydroxylation is 3. The molecule has 0 bridgehead atoms. The summed E-state index contributed by atoms with van der Waals surface area (Å²) in [7, 11) is -3.93. The molecular formula is C32H37FN4O4S. The highest BCUT2D eigenvalue weighted by molar-refractivity contribution is 7.89. The highest BCUT2D eigenvalue weighted by atomic mass is 32.2. The highest BCUT2D eigenvalue weighted by Crippen LogP contribution is 2.36. The first-order valence-electron chi connectivity index (χ1n) is 14.4. The van der Waals surface area contributed by atoms with Crippen molar-refractivity contribution in [1.82, 2.24) is 19.3 Å². The lowest BCUT2D eigenvalue weighted by atomic mass is 9.84. The molecular weight excluding hydrogens is 555 g/mol. The van der Waals surface area contributed by atoms with E-state index in [-0.39, 0.29) is 42.3 Å². The molecule has 0 fully saturated rings. The van der Waals surface area contributed by atoms with E-state index in [1.165, 1.54) is 10.4 Å². The van der Waals surface area contributed by atoms with Crippen LogP contribution in [-0.2, 0) is 39.1 Å². The molecule has 2 atom stereocenters. The maximum Gasteiger partial charge on any atom is 0.306 e. The molecule has 4 aromatic rings. The van der Waals surface area contributed by atoms with Crippen LogP contribution in [0.1, 0.15) is 66.5 Å². The summed E-state index contributed by atoms with van der Waals surface area (Å²) in [5, 5.41) is 8.67. The molecule has 222 valence electrons. The minimum absolute atomic E-state index is 0.0323. The number of sulfonamides is 1. The Bertz CT molecular complexity index is 1750. The first-order valence-corrected chi connectivity index (χ1v) is 15.8. The Hall–Kier alpha value is -3.63. The molecule has 0 saturated heterocycles. The predicted octanol–water partition coefficient (Wildman–Crippen LogP) is 5.68. The van der Waals surface area contributed by atoms with Gasteiger partial charge in [0.1, 0.15) is 11.3 Å². The number of aromatic nitrogens is 3. The van der Waals surface area contributed by atoms with Crippen LogP contribution in [0.25, 0.3) is 11.0 Å². The number of halogens is 1. The van der Waals surface area contributed by atoms with Crippen LogP contribution in [0.3, 0.4) is 0 Å². The van der Waals surface area contributed by atoms with Crippen molar-refractivity contribution in [3.05, 3.63) is 87.7 Å². The molecule has 1 aliphatic rings. The number of benzene rings is 3. The average molecular weight is 593 g/mol. The van der Waals surface area contributed by atoms with Gasteiger partial charge in [0.05, 0.1) is 23.4 Å². The van der Waals surface area contributed by atoms with Gasteiger partial charge < -0.3 is 4.74 Å². The Labute approximate surface area is 246 Å². The molecule has 2 heterocycles. The van der Waals surface area contributed by atoms with Crippen LogP contribution in [0.15, 0.2) is 53.4 Å². The topological polar surface area (TPSA) is 94.4 Å². The minimum atomic E-state index is -3.93. The fourth-order valence-corrected chi connectivity index (χ4v) is 7.75. The zero-order chi connectivity index (χ0) is 30.2. The van der Waals surface area contributed by atoms with E-state index in [0.717, 1.165) is 44.9 Å². The fraction of sp³-hybridized carbons (Fsp3) is 0.406. The summed E-state index contributed by atoms with van der Waals surface area (Å²) in [4.78, 5) is 12.9. The first kappa shape index (κ1) is 29.8. The van der Waals surface area contributed by atoms with Crippen molar-refractivity contribution in [3.8, 4) is 0 Å². The van der Waals surface area contributed by atoms with Gasteiger partial charge in [-0.1, -0.05) is 42.5 Å². The summed E-state index contributed by atoms with van der Waals surface area (Å²) in [6, 6.07) is 14.0. The van der Waals surface area contributed by atoms with Gasteiger partial charge in [-0.25, -0.2) is 17.5 Å². The molecule has 0 aliphatic carbocycles. The minimum Gasteiger partial charge on any atom is -0.466 e. The summed E-state index contributed by atoms with van der Waals surface area (Å²) in [5.74, 6) is -1.17. The lowest BCUT2D eigenvalue weighted by Crippen LogP contribution is -2.33. The van der Waals surface area contributed by atoms with Crippen molar-refractivity contribution in [1.29, 1.82) is 0 Å². The van der Waals surface area contributed by atoms with Gasteiger partial charge in [0.25, 0.3) is 0 Å². The molecule has 42 heavy (non-hydrogen) atoms. The third-order valence-corrected chi connectivity index (χ3v) is 10.1. The van der Waals surface area contributed by atoms with E-state index in [1.54, 1.807) is 13.0 Å². The van der Waals surface area contributed by atoms with Gasteiger partial charge in [0.2, 0.25) is 10.0 Å². The van der Waals surface area contributed by atoms with Crippen LogP contribution in [0.2, 0.25) is 0 Å². The number of carbonyl (C=O) groups is 1. The van der Waals surface area contributed by atoms with Crippen LogP contribution in [-0.4, -0.2) is 46.8 Å².